The van der Waals surface area contributed by atoms with Crippen LogP contribution in [0.4, 0.5) is 21.1 Å². The maximum Gasteiger partial charge on any atom is 0.407 e. The monoisotopic (exact) mass is 652 g/mol. The first-order valence-corrected chi connectivity index (χ1v) is 14.6. The Labute approximate surface area is 269 Å². The van der Waals surface area contributed by atoms with Gasteiger partial charge in [-0.05, 0) is 38.5 Å². The number of alkyl carbamates (subject to hydrolysis) is 2. The van der Waals surface area contributed by atoms with Gasteiger partial charge >= 0.3 is 23.8 Å². The molecule has 0 unspecified atom stereocenters. The highest BCUT2D eigenvalue weighted by molar-refractivity contribution is 5.82. The van der Waals surface area contributed by atoms with Gasteiger partial charge in [0.2, 0.25) is 5.91 Å². The van der Waals surface area contributed by atoms with Crippen molar-refractivity contribution in [1.29, 1.82) is 0 Å². The fourth-order valence-electron chi connectivity index (χ4n) is 4.22. The summed E-state index contributed by atoms with van der Waals surface area (Å²) in [6.07, 6.45) is -0.0234. The van der Waals surface area contributed by atoms with E-state index in [9.17, 15) is 29.1 Å². The molecule has 0 aliphatic carbocycles. The molecule has 2 heterocycles. The fourth-order valence-corrected chi connectivity index (χ4v) is 4.22. The summed E-state index contributed by atoms with van der Waals surface area (Å²) in [7, 11) is 0. The molecule has 16 heteroatoms. The summed E-state index contributed by atoms with van der Waals surface area (Å²) in [6.45, 7) is 4.06. The van der Waals surface area contributed by atoms with Crippen molar-refractivity contribution < 1.29 is 43.2 Å². The van der Waals surface area contributed by atoms with Gasteiger partial charge in [0.1, 0.15) is 43.3 Å². The highest BCUT2D eigenvalue weighted by Gasteiger charge is 2.25. The van der Waals surface area contributed by atoms with Gasteiger partial charge in [-0.2, -0.15) is 4.98 Å². The Hall–Kier alpha value is -5.80. The number of para-hydroxylation sites is 1. The first-order valence-electron chi connectivity index (χ1n) is 14.6. The summed E-state index contributed by atoms with van der Waals surface area (Å²) in [5.41, 5.74) is -0.267. The lowest BCUT2D eigenvalue weighted by atomic mass is 10.2. The Morgan fingerprint density at radius 3 is 2.47 bits per heavy atom. The van der Waals surface area contributed by atoms with Crippen LogP contribution in [0.2, 0.25) is 0 Å². The largest absolute Gasteiger partial charge is 0.489 e. The lowest BCUT2D eigenvalue weighted by Crippen LogP contribution is -2.44. The smallest absolute Gasteiger partial charge is 0.407 e. The number of hydrogen-bond donors (Lipinski definition) is 4. The zero-order valence-electron chi connectivity index (χ0n) is 26.1. The molecule has 0 spiro atoms. The van der Waals surface area contributed by atoms with E-state index in [1.807, 2.05) is 30.3 Å². The molecule has 16 nitrogen and oxygen atoms in total. The number of nitrogens with zero attached hydrogens (tertiary/aromatic N) is 3. The van der Waals surface area contributed by atoms with E-state index >= 15 is 0 Å². The molecule has 4 N–H and O–H groups in total. The van der Waals surface area contributed by atoms with Crippen LogP contribution in [0.15, 0.2) is 59.5 Å². The second-order valence-electron chi connectivity index (χ2n) is 11.2. The van der Waals surface area contributed by atoms with Crippen LogP contribution in [0.3, 0.4) is 0 Å². The molecular formula is C31H36N6O10. The van der Waals surface area contributed by atoms with Crippen molar-refractivity contribution in [3.63, 3.8) is 0 Å². The van der Waals surface area contributed by atoms with E-state index in [2.05, 4.69) is 20.9 Å². The second-order valence-corrected chi connectivity index (χ2v) is 11.2. The van der Waals surface area contributed by atoms with Crippen LogP contribution in [0.25, 0.3) is 0 Å². The van der Waals surface area contributed by atoms with Gasteiger partial charge in [-0.15, -0.1) is 0 Å². The number of carbonyl (C=O) groups excluding carboxylic acids is 3. The summed E-state index contributed by atoms with van der Waals surface area (Å²) >= 11 is 0. The number of fused-ring (bicyclic) bond motifs is 2. The van der Waals surface area contributed by atoms with Crippen molar-refractivity contribution in [2.75, 3.05) is 38.1 Å². The van der Waals surface area contributed by atoms with Crippen LogP contribution in [0.1, 0.15) is 26.3 Å². The number of nitrogens with one attached hydrogen (secondary N) is 3. The Bertz CT molecular complexity index is 1650. The van der Waals surface area contributed by atoms with Crippen LogP contribution in [-0.4, -0.2) is 82.0 Å². The number of ether oxygens (including phenoxy) is 4. The summed E-state index contributed by atoms with van der Waals surface area (Å²) in [5.74, 6) is -1.02. The van der Waals surface area contributed by atoms with Gasteiger partial charge in [-0.3, -0.25) is 14.2 Å². The van der Waals surface area contributed by atoms with Crippen molar-refractivity contribution in [3.05, 3.63) is 70.8 Å². The average molecular weight is 653 g/mol. The fraction of sp³-hybridized carbons (Fsp3) is 0.355. The Morgan fingerprint density at radius 1 is 1.00 bits per heavy atom. The molecule has 0 radical (unpaired) electrons. The molecular weight excluding hydrogens is 616 g/mol. The summed E-state index contributed by atoms with van der Waals surface area (Å²) < 4.78 is 23.1. The number of hydrogen-bond acceptors (Lipinski definition) is 11. The first kappa shape index (κ1) is 34.1. The molecule has 3 amide bonds. The van der Waals surface area contributed by atoms with E-state index in [1.165, 1.54) is 6.20 Å². The highest BCUT2D eigenvalue weighted by atomic mass is 16.6. The lowest BCUT2D eigenvalue weighted by molar-refractivity contribution is -0.144. The summed E-state index contributed by atoms with van der Waals surface area (Å²) in [6, 6.07) is 14.3. The van der Waals surface area contributed by atoms with Crippen molar-refractivity contribution >= 4 is 35.6 Å². The zero-order valence-corrected chi connectivity index (χ0v) is 26.1. The minimum atomic E-state index is -1.27. The second kappa shape index (κ2) is 15.5. The molecule has 1 aliphatic heterocycles. The molecule has 47 heavy (non-hydrogen) atoms. The third kappa shape index (κ3) is 10.4. The Kier molecular flexibility index (Phi) is 11.2. The number of aromatic nitrogens is 2. The number of aliphatic carboxylic acids is 1. The Morgan fingerprint density at radius 2 is 1.74 bits per heavy atom. The van der Waals surface area contributed by atoms with Crippen LogP contribution in [0.5, 0.6) is 17.2 Å². The number of carboxylic acid groups (broad SMARTS) is 1. The van der Waals surface area contributed by atoms with E-state index < -0.39 is 48.4 Å². The predicted molar refractivity (Wildman–Crippen MR) is 167 cm³/mol. The van der Waals surface area contributed by atoms with Gasteiger partial charge in [0, 0.05) is 13.1 Å². The van der Waals surface area contributed by atoms with Gasteiger partial charge in [0.15, 0.2) is 17.3 Å². The minimum Gasteiger partial charge on any atom is -0.489 e. The minimum absolute atomic E-state index is 0.0755. The van der Waals surface area contributed by atoms with E-state index in [0.717, 1.165) is 15.0 Å². The molecule has 250 valence electrons. The van der Waals surface area contributed by atoms with E-state index in [4.69, 9.17) is 18.9 Å². The van der Waals surface area contributed by atoms with Crippen LogP contribution < -0.4 is 31.1 Å². The van der Waals surface area contributed by atoms with Crippen LogP contribution >= 0.6 is 0 Å². The molecule has 3 aromatic rings. The molecule has 0 bridgehead atoms. The zero-order chi connectivity index (χ0) is 34.0. The van der Waals surface area contributed by atoms with Crippen LogP contribution in [-0.2, 0) is 32.2 Å². The third-order valence-electron chi connectivity index (χ3n) is 6.29. The molecule has 0 fully saturated rings. The van der Waals surface area contributed by atoms with E-state index in [-0.39, 0.29) is 44.4 Å². The van der Waals surface area contributed by atoms with E-state index in [1.54, 1.807) is 39.0 Å². The number of carbonyl (C=O) groups is 4. The number of benzene rings is 2. The number of carboxylic acids is 1. The van der Waals surface area contributed by atoms with Gasteiger partial charge < -0.3 is 44.9 Å². The summed E-state index contributed by atoms with van der Waals surface area (Å²) in [5, 5.41) is 17.4. The lowest BCUT2D eigenvalue weighted by Gasteiger charge is -2.24. The molecule has 1 aliphatic rings. The topological polar surface area (TPSA) is 200 Å². The maximum absolute atomic E-state index is 13.0. The quantitative estimate of drug-likeness (QED) is 0.154. The SMILES string of the molecule is CC(C)(C)OC(=O)NCCN(CC(=O)O)C(=O)Cn1cc2c(nc1=O)Nc1c(OCCNC(=O)OCc3ccccc3)cccc1O2. The third-order valence-corrected chi connectivity index (χ3v) is 6.29. The van der Waals surface area contributed by atoms with Crippen molar-refractivity contribution in [1.82, 2.24) is 25.1 Å². The standard InChI is InChI=1S/C31H36N6O10/c1-31(2,3)47-30(43)32-12-14-36(18-25(39)40)24(38)17-37-16-23-27(35-28(37)41)34-26-21(10-7-11-22(26)46-23)44-15-13-33-29(42)45-19-20-8-5-4-6-9-20/h4-11,16H,12-15,17-19H2,1-3H3,(H,32,43)(H,33,42)(H,39,40)(H,34,35,41). The van der Waals surface area contributed by atoms with E-state index in [0.29, 0.717) is 17.2 Å². The Balaban J connectivity index is 1.33. The molecule has 0 saturated heterocycles. The highest BCUT2D eigenvalue weighted by Crippen LogP contribution is 2.44. The van der Waals surface area contributed by atoms with Gasteiger partial charge in [0.05, 0.1) is 12.7 Å². The molecule has 0 atom stereocenters. The van der Waals surface area contributed by atoms with Gasteiger partial charge in [-0.25, -0.2) is 14.4 Å². The maximum atomic E-state index is 13.0. The van der Waals surface area contributed by atoms with Gasteiger partial charge in [-0.1, -0.05) is 36.4 Å². The normalized spacial score (nSPS) is 11.5. The number of amides is 3. The van der Waals surface area contributed by atoms with Crippen molar-refractivity contribution in [2.24, 2.45) is 0 Å². The van der Waals surface area contributed by atoms with Crippen LogP contribution in [0, 0.1) is 0 Å². The van der Waals surface area contributed by atoms with Crippen molar-refractivity contribution in [3.8, 4) is 17.2 Å². The number of rotatable bonds is 13. The first-order chi connectivity index (χ1) is 22.4. The predicted octanol–water partition coefficient (Wildman–Crippen LogP) is 2.84. The average Bonchev–Trinajstić information content (AvgIpc) is 3.00. The summed E-state index contributed by atoms with van der Waals surface area (Å²) in [4.78, 5) is 66.1. The molecule has 0 saturated carbocycles. The van der Waals surface area contributed by atoms with Gasteiger partial charge in [0.25, 0.3) is 0 Å². The molecule has 2 aromatic carbocycles. The molecule has 1 aromatic heterocycles. The van der Waals surface area contributed by atoms with Crippen molar-refractivity contribution in [2.45, 2.75) is 39.5 Å². The molecule has 4 rings (SSSR count). The number of anilines is 2.